The van der Waals surface area contributed by atoms with Crippen LogP contribution in [0.5, 0.6) is 11.5 Å². The molecule has 28 heavy (non-hydrogen) atoms. The summed E-state index contributed by atoms with van der Waals surface area (Å²) in [6, 6.07) is 15.5. The molecule has 0 spiro atoms. The fraction of sp³-hybridized carbons (Fsp3) is 0.318. The fourth-order valence-electron chi connectivity index (χ4n) is 3.80. The highest BCUT2D eigenvalue weighted by Gasteiger charge is 2.21. The van der Waals surface area contributed by atoms with E-state index in [1.165, 1.54) is 10.6 Å². The number of fused-ring (bicyclic) bond motifs is 1. The van der Waals surface area contributed by atoms with Crippen LogP contribution in [0.2, 0.25) is 0 Å². The minimum atomic E-state index is -0.313. The molecule has 0 aliphatic carbocycles. The quantitative estimate of drug-likeness (QED) is 0.682. The second-order valence-corrected chi connectivity index (χ2v) is 7.06. The zero-order valence-corrected chi connectivity index (χ0v) is 16.2. The Hall–Kier alpha value is -2.99. The van der Waals surface area contributed by atoms with Crippen LogP contribution in [0, 0.1) is 0 Å². The van der Waals surface area contributed by atoms with Gasteiger partial charge >= 0.3 is 5.63 Å². The van der Waals surface area contributed by atoms with E-state index < -0.39 is 0 Å². The molecule has 0 unspecified atom stereocenters. The number of hydrogen-bond donors (Lipinski definition) is 1. The van der Waals surface area contributed by atoms with Crippen LogP contribution in [-0.2, 0) is 6.54 Å². The van der Waals surface area contributed by atoms with Crippen molar-refractivity contribution in [3.05, 3.63) is 64.5 Å². The molecule has 2 aromatic carbocycles. The summed E-state index contributed by atoms with van der Waals surface area (Å²) in [6.07, 6.45) is 0. The first-order chi connectivity index (χ1) is 13.7. The molecule has 1 aromatic heterocycles. The third kappa shape index (κ3) is 3.82. The van der Waals surface area contributed by atoms with Crippen LogP contribution in [-0.4, -0.2) is 40.4 Å². The number of quaternary nitrogens is 1. The third-order valence-corrected chi connectivity index (χ3v) is 5.39. The van der Waals surface area contributed by atoms with Gasteiger partial charge in [-0.15, -0.1) is 0 Å². The van der Waals surface area contributed by atoms with Crippen LogP contribution in [0.15, 0.2) is 57.7 Å². The standard InChI is InChI=1S/C22H24N2O4/c1-26-18-5-3-17(4-6-18)24-11-9-23(10-12-24)15-16-13-22(25)28-21-14-19(27-2)7-8-20(16)21/h3-8,13-14H,9-12,15H2,1-2H3/p+1. The predicted molar refractivity (Wildman–Crippen MR) is 109 cm³/mol. The van der Waals surface area contributed by atoms with E-state index >= 15 is 0 Å². The first kappa shape index (κ1) is 18.4. The molecule has 6 heteroatoms. The molecule has 146 valence electrons. The van der Waals surface area contributed by atoms with Gasteiger partial charge in [0.15, 0.2) is 0 Å². The lowest BCUT2D eigenvalue weighted by Gasteiger charge is -2.33. The van der Waals surface area contributed by atoms with E-state index in [0.29, 0.717) is 11.3 Å². The van der Waals surface area contributed by atoms with Crippen LogP contribution in [0.3, 0.4) is 0 Å². The van der Waals surface area contributed by atoms with Gasteiger partial charge in [0.05, 0.1) is 40.4 Å². The van der Waals surface area contributed by atoms with Gasteiger partial charge in [-0.05, 0) is 36.4 Å². The van der Waals surface area contributed by atoms with Crippen molar-refractivity contribution in [1.82, 2.24) is 0 Å². The summed E-state index contributed by atoms with van der Waals surface area (Å²) in [5.74, 6) is 1.56. The third-order valence-electron chi connectivity index (χ3n) is 5.39. The molecule has 4 rings (SSSR count). The van der Waals surface area contributed by atoms with Gasteiger partial charge in [-0.25, -0.2) is 4.79 Å². The number of piperazine rings is 1. The van der Waals surface area contributed by atoms with Crippen LogP contribution in [0.1, 0.15) is 5.56 Å². The summed E-state index contributed by atoms with van der Waals surface area (Å²) >= 11 is 0. The number of anilines is 1. The van der Waals surface area contributed by atoms with E-state index in [1.807, 2.05) is 24.3 Å². The molecule has 1 aliphatic heterocycles. The average molecular weight is 381 g/mol. The van der Waals surface area contributed by atoms with Gasteiger partial charge in [0.2, 0.25) is 0 Å². The predicted octanol–water partition coefficient (Wildman–Crippen LogP) is 1.72. The Morgan fingerprint density at radius 1 is 0.964 bits per heavy atom. The Bertz CT molecular complexity index is 1010. The molecule has 1 N–H and O–H groups in total. The second kappa shape index (κ2) is 7.94. The van der Waals surface area contributed by atoms with Gasteiger partial charge in [0.25, 0.3) is 0 Å². The number of ether oxygens (including phenoxy) is 2. The number of nitrogens with one attached hydrogen (secondary N) is 1. The first-order valence-corrected chi connectivity index (χ1v) is 9.49. The second-order valence-electron chi connectivity index (χ2n) is 7.06. The van der Waals surface area contributed by atoms with E-state index in [2.05, 4.69) is 17.0 Å². The topological polar surface area (TPSA) is 56.4 Å². The Balaban J connectivity index is 1.46. The number of nitrogens with zero attached hydrogens (tertiary/aromatic N) is 1. The molecule has 0 amide bonds. The summed E-state index contributed by atoms with van der Waals surface area (Å²) in [5.41, 5.74) is 2.52. The first-order valence-electron chi connectivity index (χ1n) is 9.49. The Kier molecular flexibility index (Phi) is 5.21. The van der Waals surface area contributed by atoms with Crippen LogP contribution in [0.4, 0.5) is 5.69 Å². The summed E-state index contributed by atoms with van der Waals surface area (Å²) in [6.45, 7) is 4.81. The molecule has 0 atom stereocenters. The SMILES string of the molecule is COc1ccc(N2CC[NH+](Cc3cc(=O)oc4cc(OC)ccc34)CC2)cc1. The Labute approximate surface area is 163 Å². The molecule has 1 fully saturated rings. The molecule has 0 radical (unpaired) electrons. The summed E-state index contributed by atoms with van der Waals surface area (Å²) in [5, 5.41) is 0.977. The van der Waals surface area contributed by atoms with Crippen molar-refractivity contribution in [3.8, 4) is 11.5 Å². The summed E-state index contributed by atoms with van der Waals surface area (Å²) < 4.78 is 15.8. The number of hydrogen-bond acceptors (Lipinski definition) is 5. The van der Waals surface area contributed by atoms with Crippen molar-refractivity contribution in [3.63, 3.8) is 0 Å². The highest BCUT2D eigenvalue weighted by atomic mass is 16.5. The summed E-state index contributed by atoms with van der Waals surface area (Å²) in [7, 11) is 3.29. The maximum atomic E-state index is 12.0. The smallest absolute Gasteiger partial charge is 0.336 e. The zero-order valence-electron chi connectivity index (χ0n) is 16.2. The van der Waals surface area contributed by atoms with E-state index in [4.69, 9.17) is 13.9 Å². The van der Waals surface area contributed by atoms with Crippen molar-refractivity contribution < 1.29 is 18.8 Å². The van der Waals surface area contributed by atoms with Gasteiger partial charge in [-0.2, -0.15) is 0 Å². The number of methoxy groups -OCH3 is 2. The molecule has 0 saturated carbocycles. The van der Waals surface area contributed by atoms with Crippen LogP contribution in [0.25, 0.3) is 11.0 Å². The highest BCUT2D eigenvalue weighted by molar-refractivity contribution is 5.81. The average Bonchev–Trinajstić information content (AvgIpc) is 2.74. The lowest BCUT2D eigenvalue weighted by atomic mass is 10.1. The zero-order chi connectivity index (χ0) is 19.5. The Morgan fingerprint density at radius 2 is 1.64 bits per heavy atom. The monoisotopic (exact) mass is 381 g/mol. The lowest BCUT2D eigenvalue weighted by molar-refractivity contribution is -0.914. The number of benzene rings is 2. The van der Waals surface area contributed by atoms with Crippen molar-refractivity contribution in [2.24, 2.45) is 0 Å². The Morgan fingerprint density at radius 3 is 2.32 bits per heavy atom. The van der Waals surface area contributed by atoms with E-state index in [9.17, 15) is 4.79 Å². The molecular formula is C22H25N2O4+. The minimum absolute atomic E-state index is 0.313. The maximum absolute atomic E-state index is 12.0. The van der Waals surface area contributed by atoms with Crippen LogP contribution < -0.4 is 24.9 Å². The normalized spacial score (nSPS) is 15.0. The van der Waals surface area contributed by atoms with Gasteiger partial charge in [-0.3, -0.25) is 0 Å². The van der Waals surface area contributed by atoms with E-state index in [0.717, 1.165) is 49.4 Å². The van der Waals surface area contributed by atoms with Crippen molar-refractivity contribution in [2.45, 2.75) is 6.54 Å². The van der Waals surface area contributed by atoms with Gasteiger partial charge in [0.1, 0.15) is 23.6 Å². The molecule has 1 saturated heterocycles. The van der Waals surface area contributed by atoms with Crippen molar-refractivity contribution in [2.75, 3.05) is 45.3 Å². The fourth-order valence-corrected chi connectivity index (χ4v) is 3.80. The maximum Gasteiger partial charge on any atom is 0.336 e. The van der Waals surface area contributed by atoms with Gasteiger partial charge in [0, 0.05) is 28.8 Å². The van der Waals surface area contributed by atoms with Crippen molar-refractivity contribution >= 4 is 16.7 Å². The molecular weight excluding hydrogens is 356 g/mol. The minimum Gasteiger partial charge on any atom is -0.497 e. The molecule has 3 aromatic rings. The molecule has 2 heterocycles. The van der Waals surface area contributed by atoms with Gasteiger partial charge in [-0.1, -0.05) is 0 Å². The van der Waals surface area contributed by atoms with E-state index in [1.54, 1.807) is 26.4 Å². The summed E-state index contributed by atoms with van der Waals surface area (Å²) in [4.78, 5) is 15.9. The molecule has 0 bridgehead atoms. The largest absolute Gasteiger partial charge is 0.497 e. The molecule has 1 aliphatic rings. The van der Waals surface area contributed by atoms with Crippen LogP contribution >= 0.6 is 0 Å². The highest BCUT2D eigenvalue weighted by Crippen LogP contribution is 2.22. The lowest BCUT2D eigenvalue weighted by Crippen LogP contribution is -3.13. The number of rotatable bonds is 5. The van der Waals surface area contributed by atoms with Gasteiger partial charge < -0.3 is 23.7 Å². The van der Waals surface area contributed by atoms with Crippen molar-refractivity contribution in [1.29, 1.82) is 0 Å². The molecule has 6 nitrogen and oxygen atoms in total. The van der Waals surface area contributed by atoms with E-state index in [-0.39, 0.29) is 5.63 Å².